The van der Waals surface area contributed by atoms with Gasteiger partial charge in [0.15, 0.2) is 0 Å². The molecule has 0 aliphatic carbocycles. The van der Waals surface area contributed by atoms with Crippen LogP contribution in [0.1, 0.15) is 0 Å². The summed E-state index contributed by atoms with van der Waals surface area (Å²) in [5, 5.41) is 0. The number of benzene rings is 1. The largest absolute Gasteiger partial charge is 0.399 e. The van der Waals surface area contributed by atoms with Gasteiger partial charge < -0.3 is 11.5 Å². The fourth-order valence-corrected chi connectivity index (χ4v) is 1.30. The van der Waals surface area contributed by atoms with Crippen LogP contribution in [0.15, 0.2) is 35.3 Å². The van der Waals surface area contributed by atoms with E-state index in [0.29, 0.717) is 17.1 Å². The van der Waals surface area contributed by atoms with Crippen LogP contribution < -0.4 is 17.2 Å². The summed E-state index contributed by atoms with van der Waals surface area (Å²) in [4.78, 5) is 16.9. The average molecular weight is 275 g/mol. The van der Waals surface area contributed by atoms with E-state index in [1.807, 2.05) is 12.1 Å². The quantitative estimate of drug-likeness (QED) is 0.686. The Morgan fingerprint density at radius 2 is 1.65 bits per heavy atom. The third-order valence-electron chi connectivity index (χ3n) is 2.06. The number of halogens is 2. The van der Waals surface area contributed by atoms with Crippen LogP contribution in [0, 0.1) is 0 Å². The zero-order valence-corrected chi connectivity index (χ0v) is 10.3. The molecule has 0 fully saturated rings. The number of hydrogen-bond acceptors (Lipinski definition) is 4. The zero-order chi connectivity index (χ0) is 10.8. The van der Waals surface area contributed by atoms with E-state index in [2.05, 4.69) is 9.97 Å². The smallest absolute Gasteiger partial charge is 0.346 e. The van der Waals surface area contributed by atoms with Crippen molar-refractivity contribution in [1.82, 2.24) is 9.97 Å². The van der Waals surface area contributed by atoms with E-state index >= 15 is 0 Å². The lowest BCUT2D eigenvalue weighted by molar-refractivity contribution is 1.09. The summed E-state index contributed by atoms with van der Waals surface area (Å²) in [6.45, 7) is 0. The molecule has 5 N–H and O–H groups in total. The van der Waals surface area contributed by atoms with E-state index in [-0.39, 0.29) is 24.8 Å². The van der Waals surface area contributed by atoms with Gasteiger partial charge in [-0.05, 0) is 17.7 Å². The maximum absolute atomic E-state index is 10.9. The molecule has 0 atom stereocenters. The van der Waals surface area contributed by atoms with Gasteiger partial charge in [0, 0.05) is 17.4 Å². The van der Waals surface area contributed by atoms with Crippen LogP contribution >= 0.6 is 24.8 Å². The molecular formula is C10H12Cl2N4O. The van der Waals surface area contributed by atoms with Crippen LogP contribution in [0.5, 0.6) is 0 Å². The molecule has 0 bridgehead atoms. The van der Waals surface area contributed by atoms with Gasteiger partial charge in [-0.3, -0.25) is 4.98 Å². The van der Waals surface area contributed by atoms with E-state index in [0.717, 1.165) is 5.56 Å². The van der Waals surface area contributed by atoms with E-state index in [1.165, 1.54) is 6.20 Å². The minimum absolute atomic E-state index is 0. The standard InChI is InChI=1S/C10H10N4O.2ClH/c11-7-3-1-6(2-4-7)8-5-13-10(15)14-9(8)12;;/h1-5H,11H2,(H3,12,13,14,15);2*1H. The molecule has 0 aliphatic rings. The van der Waals surface area contributed by atoms with Gasteiger partial charge in [0.25, 0.3) is 0 Å². The topological polar surface area (TPSA) is 97.8 Å². The first-order valence-electron chi connectivity index (χ1n) is 4.37. The van der Waals surface area contributed by atoms with E-state index < -0.39 is 5.69 Å². The van der Waals surface area contributed by atoms with Crippen molar-refractivity contribution in [2.45, 2.75) is 0 Å². The molecule has 2 rings (SSSR count). The molecule has 1 heterocycles. The minimum Gasteiger partial charge on any atom is -0.399 e. The second-order valence-corrected chi connectivity index (χ2v) is 3.14. The molecule has 0 saturated carbocycles. The molecule has 0 saturated heterocycles. The Bertz CT molecular complexity index is 539. The van der Waals surface area contributed by atoms with Gasteiger partial charge in [0.05, 0.1) is 0 Å². The maximum atomic E-state index is 10.9. The molecule has 1 aromatic carbocycles. The van der Waals surface area contributed by atoms with Crippen molar-refractivity contribution >= 4 is 36.3 Å². The van der Waals surface area contributed by atoms with Crippen molar-refractivity contribution in [2.75, 3.05) is 11.5 Å². The van der Waals surface area contributed by atoms with Gasteiger partial charge in [-0.25, -0.2) is 9.78 Å². The van der Waals surface area contributed by atoms with E-state index in [9.17, 15) is 4.79 Å². The van der Waals surface area contributed by atoms with Crippen molar-refractivity contribution < 1.29 is 0 Å². The molecule has 17 heavy (non-hydrogen) atoms. The first-order chi connectivity index (χ1) is 7.16. The summed E-state index contributed by atoms with van der Waals surface area (Å²) in [5.41, 5.74) is 13.0. The lowest BCUT2D eigenvalue weighted by Crippen LogP contribution is -2.12. The van der Waals surface area contributed by atoms with E-state index in [4.69, 9.17) is 11.5 Å². The molecule has 0 spiro atoms. The molecule has 0 unspecified atom stereocenters. The maximum Gasteiger partial charge on any atom is 0.346 e. The predicted octanol–water partition coefficient (Wildman–Crippen LogP) is 1.44. The third-order valence-corrected chi connectivity index (χ3v) is 2.06. The van der Waals surface area contributed by atoms with Crippen LogP contribution in [0.3, 0.4) is 0 Å². The average Bonchev–Trinajstić information content (AvgIpc) is 2.20. The Morgan fingerprint density at radius 3 is 2.18 bits per heavy atom. The van der Waals surface area contributed by atoms with Crippen molar-refractivity contribution in [2.24, 2.45) is 0 Å². The summed E-state index contributed by atoms with van der Waals surface area (Å²) >= 11 is 0. The van der Waals surface area contributed by atoms with Gasteiger partial charge >= 0.3 is 5.69 Å². The zero-order valence-electron chi connectivity index (χ0n) is 8.71. The molecule has 5 nitrogen and oxygen atoms in total. The Balaban J connectivity index is 0.00000128. The summed E-state index contributed by atoms with van der Waals surface area (Å²) < 4.78 is 0. The van der Waals surface area contributed by atoms with Gasteiger partial charge in [0.2, 0.25) is 0 Å². The SMILES string of the molecule is Cl.Cl.Nc1ccc(-c2cnc(=O)[nH]c2N)cc1. The summed E-state index contributed by atoms with van der Waals surface area (Å²) in [6, 6.07) is 7.17. The number of aromatic amines is 1. The molecule has 0 amide bonds. The van der Waals surface area contributed by atoms with Crippen molar-refractivity contribution in [3.05, 3.63) is 40.9 Å². The molecule has 0 aliphatic heterocycles. The fourth-order valence-electron chi connectivity index (χ4n) is 1.30. The monoisotopic (exact) mass is 274 g/mol. The Labute approximate surface area is 110 Å². The number of nitrogens with zero attached hydrogens (tertiary/aromatic N) is 1. The van der Waals surface area contributed by atoms with Crippen LogP contribution in [0.25, 0.3) is 11.1 Å². The minimum atomic E-state index is -0.452. The van der Waals surface area contributed by atoms with Gasteiger partial charge in [-0.1, -0.05) is 12.1 Å². The highest BCUT2D eigenvalue weighted by atomic mass is 35.5. The summed E-state index contributed by atoms with van der Waals surface area (Å²) in [6.07, 6.45) is 1.44. The highest BCUT2D eigenvalue weighted by Crippen LogP contribution is 2.22. The molecule has 2 aromatic rings. The van der Waals surface area contributed by atoms with Crippen LogP contribution in [-0.4, -0.2) is 9.97 Å². The molecular weight excluding hydrogens is 263 g/mol. The highest BCUT2D eigenvalue weighted by molar-refractivity contribution is 5.85. The number of nitrogens with one attached hydrogen (secondary N) is 1. The van der Waals surface area contributed by atoms with Crippen LogP contribution in [-0.2, 0) is 0 Å². The molecule has 7 heteroatoms. The van der Waals surface area contributed by atoms with Crippen molar-refractivity contribution in [1.29, 1.82) is 0 Å². The lowest BCUT2D eigenvalue weighted by Gasteiger charge is -2.04. The number of nitrogen functional groups attached to an aromatic ring is 2. The highest BCUT2D eigenvalue weighted by Gasteiger charge is 2.03. The summed E-state index contributed by atoms with van der Waals surface area (Å²) in [5.74, 6) is 0.305. The molecule has 92 valence electrons. The lowest BCUT2D eigenvalue weighted by atomic mass is 10.1. The second kappa shape index (κ2) is 6.12. The summed E-state index contributed by atoms with van der Waals surface area (Å²) in [7, 11) is 0. The van der Waals surface area contributed by atoms with Gasteiger partial charge in [-0.2, -0.15) is 0 Å². The normalized spacial score (nSPS) is 8.94. The Morgan fingerprint density at radius 1 is 1.06 bits per heavy atom. The predicted molar refractivity (Wildman–Crippen MR) is 73.6 cm³/mol. The number of hydrogen-bond donors (Lipinski definition) is 3. The second-order valence-electron chi connectivity index (χ2n) is 3.14. The molecule has 1 aromatic heterocycles. The van der Waals surface area contributed by atoms with Crippen LogP contribution in [0.4, 0.5) is 11.5 Å². The van der Waals surface area contributed by atoms with Crippen molar-refractivity contribution in [3.8, 4) is 11.1 Å². The first kappa shape index (κ1) is 15.3. The van der Waals surface area contributed by atoms with Crippen molar-refractivity contribution in [3.63, 3.8) is 0 Å². The number of rotatable bonds is 1. The van der Waals surface area contributed by atoms with Crippen LogP contribution in [0.2, 0.25) is 0 Å². The number of H-pyrrole nitrogens is 1. The van der Waals surface area contributed by atoms with E-state index in [1.54, 1.807) is 12.1 Å². The fraction of sp³-hybridized carbons (Fsp3) is 0. The van der Waals surface area contributed by atoms with Gasteiger partial charge in [-0.15, -0.1) is 24.8 Å². The third kappa shape index (κ3) is 3.37. The Hall–Kier alpha value is -1.72. The number of anilines is 2. The first-order valence-corrected chi connectivity index (χ1v) is 4.37. The number of nitrogens with two attached hydrogens (primary N) is 2. The number of aromatic nitrogens is 2. The Kier molecular flexibility index (Phi) is 5.50. The van der Waals surface area contributed by atoms with Gasteiger partial charge in [0.1, 0.15) is 5.82 Å². The molecule has 0 radical (unpaired) electrons.